The van der Waals surface area contributed by atoms with Crippen molar-refractivity contribution < 1.29 is 0 Å². The van der Waals surface area contributed by atoms with Crippen molar-refractivity contribution in [2.24, 2.45) is 0 Å². The number of nitriles is 2. The van der Waals surface area contributed by atoms with Crippen LogP contribution in [0.5, 0.6) is 0 Å². The number of benzene rings is 2. The normalized spacial score (nSPS) is 10.0. The number of H-pyrrole nitrogens is 1. The molecule has 100 valence electrons. The molecule has 0 saturated carbocycles. The van der Waals surface area contributed by atoms with Gasteiger partial charge < -0.3 is 10.3 Å². The second-order valence-electron chi connectivity index (χ2n) is 4.74. The molecule has 1 aromatic heterocycles. The zero-order valence-electron chi connectivity index (χ0n) is 11.2. The number of nitrogens with zero attached hydrogens (tertiary/aromatic N) is 2. The Hall–Kier alpha value is -3.24. The van der Waals surface area contributed by atoms with Crippen LogP contribution in [0.25, 0.3) is 10.9 Å². The van der Waals surface area contributed by atoms with E-state index in [1.165, 1.54) is 5.39 Å². The van der Waals surface area contributed by atoms with Crippen LogP contribution in [0.1, 0.15) is 16.7 Å². The highest BCUT2D eigenvalue weighted by Crippen LogP contribution is 2.18. The first-order chi connectivity index (χ1) is 10.3. The molecule has 0 atom stereocenters. The number of aromatic nitrogens is 1. The lowest BCUT2D eigenvalue weighted by molar-refractivity contribution is 1.15. The van der Waals surface area contributed by atoms with Crippen LogP contribution >= 0.6 is 0 Å². The summed E-state index contributed by atoms with van der Waals surface area (Å²) >= 11 is 0. The van der Waals surface area contributed by atoms with E-state index in [0.717, 1.165) is 16.8 Å². The molecule has 1 heterocycles. The molecule has 4 nitrogen and oxygen atoms in total. The second-order valence-corrected chi connectivity index (χ2v) is 4.74. The number of hydrogen-bond acceptors (Lipinski definition) is 3. The summed E-state index contributed by atoms with van der Waals surface area (Å²) in [5.41, 5.74) is 3.90. The van der Waals surface area contributed by atoms with Crippen LogP contribution in [-0.2, 0) is 6.54 Å². The van der Waals surface area contributed by atoms with Gasteiger partial charge in [-0.05, 0) is 47.3 Å². The van der Waals surface area contributed by atoms with Gasteiger partial charge in [0.1, 0.15) is 12.1 Å². The second kappa shape index (κ2) is 5.40. The Labute approximate surface area is 122 Å². The Morgan fingerprint density at radius 1 is 0.952 bits per heavy atom. The summed E-state index contributed by atoms with van der Waals surface area (Å²) in [5.74, 6) is 0. The lowest BCUT2D eigenvalue weighted by Gasteiger charge is -2.07. The summed E-state index contributed by atoms with van der Waals surface area (Å²) in [6.07, 6.45) is 1.92. The van der Waals surface area contributed by atoms with Crippen molar-refractivity contribution in [1.82, 2.24) is 4.98 Å². The average Bonchev–Trinajstić information content (AvgIpc) is 3.00. The third kappa shape index (κ3) is 2.56. The van der Waals surface area contributed by atoms with Gasteiger partial charge in [-0.3, -0.25) is 0 Å². The Kier molecular flexibility index (Phi) is 3.29. The topological polar surface area (TPSA) is 75.4 Å². The zero-order valence-corrected chi connectivity index (χ0v) is 11.2. The van der Waals surface area contributed by atoms with Gasteiger partial charge >= 0.3 is 0 Å². The number of rotatable bonds is 3. The minimum Gasteiger partial charge on any atom is -0.381 e. The number of nitrogens with one attached hydrogen (secondary N) is 2. The Morgan fingerprint density at radius 2 is 1.81 bits per heavy atom. The largest absolute Gasteiger partial charge is 0.381 e. The van der Waals surface area contributed by atoms with Crippen LogP contribution < -0.4 is 5.32 Å². The molecule has 4 heteroatoms. The van der Waals surface area contributed by atoms with E-state index >= 15 is 0 Å². The Morgan fingerprint density at radius 3 is 2.62 bits per heavy atom. The lowest BCUT2D eigenvalue weighted by atomic mass is 10.1. The molecular formula is C17H12N4. The predicted octanol–water partition coefficient (Wildman–Crippen LogP) is 3.52. The van der Waals surface area contributed by atoms with Crippen LogP contribution in [0.15, 0.2) is 48.7 Å². The van der Waals surface area contributed by atoms with Crippen LogP contribution in [0, 0.1) is 22.7 Å². The fourth-order valence-electron chi connectivity index (χ4n) is 2.26. The van der Waals surface area contributed by atoms with Crippen LogP contribution in [0.3, 0.4) is 0 Å². The highest BCUT2D eigenvalue weighted by atomic mass is 14.9. The van der Waals surface area contributed by atoms with Gasteiger partial charge in [0.15, 0.2) is 0 Å². The predicted molar refractivity (Wildman–Crippen MR) is 81.5 cm³/mol. The van der Waals surface area contributed by atoms with Crippen LogP contribution in [-0.4, -0.2) is 4.98 Å². The molecule has 0 radical (unpaired) electrons. The molecule has 0 saturated heterocycles. The molecule has 21 heavy (non-hydrogen) atoms. The van der Waals surface area contributed by atoms with Crippen LogP contribution in [0.4, 0.5) is 5.69 Å². The van der Waals surface area contributed by atoms with Gasteiger partial charge in [0, 0.05) is 23.9 Å². The molecular weight excluding hydrogens is 260 g/mol. The smallest absolute Gasteiger partial charge is 0.101 e. The summed E-state index contributed by atoms with van der Waals surface area (Å²) in [4.78, 5) is 3.16. The molecule has 0 bridgehead atoms. The highest BCUT2D eigenvalue weighted by Gasteiger charge is 2.03. The SMILES string of the molecule is N#Cc1ccc(NCc2ccc3[nH]ccc3c2)cc1C#N. The number of fused-ring (bicyclic) bond motifs is 1. The molecule has 3 aromatic rings. The van der Waals surface area contributed by atoms with E-state index in [4.69, 9.17) is 10.5 Å². The van der Waals surface area contributed by atoms with E-state index in [-0.39, 0.29) is 0 Å². The van der Waals surface area contributed by atoms with Gasteiger partial charge in [-0.25, -0.2) is 0 Å². The van der Waals surface area contributed by atoms with Crippen molar-refractivity contribution in [1.29, 1.82) is 10.5 Å². The van der Waals surface area contributed by atoms with Crippen LogP contribution in [0.2, 0.25) is 0 Å². The molecule has 0 fully saturated rings. The van der Waals surface area contributed by atoms with E-state index in [1.54, 1.807) is 12.1 Å². The van der Waals surface area contributed by atoms with Gasteiger partial charge in [-0.2, -0.15) is 10.5 Å². The number of hydrogen-bond donors (Lipinski definition) is 2. The summed E-state index contributed by atoms with van der Waals surface area (Å²) in [5, 5.41) is 22.4. The van der Waals surface area contributed by atoms with Gasteiger partial charge in [-0.15, -0.1) is 0 Å². The lowest BCUT2D eigenvalue weighted by Crippen LogP contribution is -2.00. The van der Waals surface area contributed by atoms with Gasteiger partial charge in [0.2, 0.25) is 0 Å². The molecule has 0 aliphatic heterocycles. The van der Waals surface area contributed by atoms with Crippen molar-refractivity contribution in [2.75, 3.05) is 5.32 Å². The molecule has 3 rings (SSSR count). The monoisotopic (exact) mass is 272 g/mol. The molecule has 2 N–H and O–H groups in total. The summed E-state index contributed by atoms with van der Waals surface area (Å²) in [6.45, 7) is 0.665. The van der Waals surface area contributed by atoms with E-state index < -0.39 is 0 Å². The molecule has 0 amide bonds. The highest BCUT2D eigenvalue weighted by molar-refractivity contribution is 5.80. The minimum atomic E-state index is 0.392. The standard InChI is InChI=1S/C17H12N4/c18-9-14-2-3-16(8-15(14)10-19)21-11-12-1-4-17-13(7-12)5-6-20-17/h1-8,20-21H,11H2. The third-order valence-corrected chi connectivity index (χ3v) is 3.37. The van der Waals surface area contributed by atoms with E-state index in [1.807, 2.05) is 36.5 Å². The van der Waals surface area contributed by atoms with E-state index in [0.29, 0.717) is 17.7 Å². The maximum absolute atomic E-state index is 9.02. The minimum absolute atomic E-state index is 0.392. The van der Waals surface area contributed by atoms with Gasteiger partial charge in [0.05, 0.1) is 11.1 Å². The Bertz CT molecular complexity index is 878. The first-order valence-electron chi connectivity index (χ1n) is 6.54. The number of anilines is 1. The third-order valence-electron chi connectivity index (χ3n) is 3.37. The molecule has 0 unspecified atom stereocenters. The van der Waals surface area contributed by atoms with Gasteiger partial charge in [-0.1, -0.05) is 6.07 Å². The average molecular weight is 272 g/mol. The summed E-state index contributed by atoms with van der Waals surface area (Å²) in [7, 11) is 0. The van der Waals surface area contributed by atoms with Crippen molar-refractivity contribution in [3.63, 3.8) is 0 Å². The summed E-state index contributed by atoms with van der Waals surface area (Å²) in [6, 6.07) is 17.5. The van der Waals surface area contributed by atoms with E-state index in [2.05, 4.69) is 22.4 Å². The summed E-state index contributed by atoms with van der Waals surface area (Å²) < 4.78 is 0. The first kappa shape index (κ1) is 12.8. The van der Waals surface area contributed by atoms with E-state index in [9.17, 15) is 0 Å². The molecule has 0 spiro atoms. The molecule has 2 aromatic carbocycles. The first-order valence-corrected chi connectivity index (χ1v) is 6.54. The number of aromatic amines is 1. The molecule has 0 aliphatic carbocycles. The maximum atomic E-state index is 9.02. The van der Waals surface area contributed by atoms with Gasteiger partial charge in [0.25, 0.3) is 0 Å². The quantitative estimate of drug-likeness (QED) is 0.766. The Balaban J connectivity index is 1.78. The zero-order chi connectivity index (χ0) is 14.7. The van der Waals surface area contributed by atoms with Crippen molar-refractivity contribution in [2.45, 2.75) is 6.54 Å². The van der Waals surface area contributed by atoms with Crippen molar-refractivity contribution in [3.8, 4) is 12.1 Å². The van der Waals surface area contributed by atoms with Crippen molar-refractivity contribution in [3.05, 3.63) is 65.4 Å². The molecule has 0 aliphatic rings. The maximum Gasteiger partial charge on any atom is 0.101 e. The van der Waals surface area contributed by atoms with Crippen molar-refractivity contribution >= 4 is 16.6 Å². The fraction of sp³-hybridized carbons (Fsp3) is 0.0588. The fourth-order valence-corrected chi connectivity index (χ4v) is 2.26.